The monoisotopic (exact) mass is 926 g/mol. The number of ether oxygens (including phenoxy) is 8. The van der Waals surface area contributed by atoms with Crippen LogP contribution < -0.4 is 23.7 Å². The molecule has 1 N–H and O–H groups in total. The number of carbonyl (C=O) groups is 3. The van der Waals surface area contributed by atoms with Gasteiger partial charge in [-0.2, -0.15) is 0 Å². The number of benzene rings is 2. The fraction of sp³-hybridized carbons (Fsp3) is 0.510. The fourth-order valence-electron chi connectivity index (χ4n) is 8.54. The van der Waals surface area contributed by atoms with Crippen LogP contribution in [0.1, 0.15) is 71.6 Å². The van der Waals surface area contributed by atoms with Crippen LogP contribution in [-0.2, 0) is 32.2 Å². The van der Waals surface area contributed by atoms with Crippen molar-refractivity contribution in [2.24, 2.45) is 15.9 Å². The topological polar surface area (TPSA) is 193 Å². The third-order valence-corrected chi connectivity index (χ3v) is 12.1. The van der Waals surface area contributed by atoms with Gasteiger partial charge in [0.25, 0.3) is 11.8 Å². The SMILES string of the molecule is C/C=C1\C[C@H]2C=Nc3cc(OCc4cc(OCCN(CCCC(=O)O)CCOCCOCCOC)cc(COc5cc6c(cc5OC)C(=O)N5CC(C)CC5C=N6)n4)c(OC)cc3C(=O)N2C1. The molecule has 1 aromatic heterocycles. The van der Waals surface area contributed by atoms with Crippen molar-refractivity contribution in [2.75, 3.05) is 93.7 Å². The first kappa shape index (κ1) is 48.8. The van der Waals surface area contributed by atoms with Crippen LogP contribution in [-0.4, -0.2) is 161 Å². The van der Waals surface area contributed by atoms with Crippen LogP contribution in [0.2, 0.25) is 0 Å². The van der Waals surface area contributed by atoms with Crippen LogP contribution in [0.15, 0.2) is 58.0 Å². The number of carboxylic acid groups (broad SMARTS) is 1. The van der Waals surface area contributed by atoms with Gasteiger partial charge in [-0.1, -0.05) is 18.6 Å². The van der Waals surface area contributed by atoms with E-state index in [0.717, 1.165) is 12.8 Å². The number of nitrogens with zero attached hydrogens (tertiary/aromatic N) is 6. The first-order valence-corrected chi connectivity index (χ1v) is 22.8. The number of pyridine rings is 1. The molecule has 18 heteroatoms. The molecule has 2 amide bonds. The number of carbonyl (C=O) groups excluding carboxylic acids is 2. The number of aliphatic carboxylic acids is 1. The third kappa shape index (κ3) is 12.7. The number of amides is 2. The maximum Gasteiger partial charge on any atom is 0.303 e. The first-order valence-electron chi connectivity index (χ1n) is 22.8. The van der Waals surface area contributed by atoms with E-state index in [-0.39, 0.29) is 50.1 Å². The van der Waals surface area contributed by atoms with E-state index in [4.69, 9.17) is 52.9 Å². The molecule has 7 rings (SSSR count). The fourth-order valence-corrected chi connectivity index (χ4v) is 8.54. The molecule has 3 aromatic rings. The van der Waals surface area contributed by atoms with Gasteiger partial charge < -0.3 is 52.8 Å². The molecule has 2 aromatic carbocycles. The Hall–Kier alpha value is -6.08. The van der Waals surface area contributed by atoms with E-state index in [1.807, 2.05) is 35.2 Å². The Morgan fingerprint density at radius 3 is 1.96 bits per heavy atom. The summed E-state index contributed by atoms with van der Waals surface area (Å²) in [6.45, 7) is 9.53. The molecule has 0 bridgehead atoms. The molecule has 0 saturated carbocycles. The van der Waals surface area contributed by atoms with Gasteiger partial charge in [-0.15, -0.1) is 0 Å². The van der Waals surface area contributed by atoms with Gasteiger partial charge in [0.15, 0.2) is 23.0 Å². The molecule has 2 unspecified atom stereocenters. The van der Waals surface area contributed by atoms with E-state index < -0.39 is 5.97 Å². The van der Waals surface area contributed by atoms with Gasteiger partial charge in [0.1, 0.15) is 25.6 Å². The average Bonchev–Trinajstić information content (AvgIpc) is 3.87. The second-order valence-electron chi connectivity index (χ2n) is 16.9. The summed E-state index contributed by atoms with van der Waals surface area (Å²) < 4.78 is 46.8. The van der Waals surface area contributed by atoms with Crippen LogP contribution >= 0.6 is 0 Å². The summed E-state index contributed by atoms with van der Waals surface area (Å²) in [5.41, 5.74) is 4.10. The third-order valence-electron chi connectivity index (χ3n) is 12.1. The molecule has 0 radical (unpaired) electrons. The van der Waals surface area contributed by atoms with E-state index in [2.05, 4.69) is 11.8 Å². The van der Waals surface area contributed by atoms with Gasteiger partial charge in [0, 0.05) is 76.4 Å². The smallest absolute Gasteiger partial charge is 0.303 e. The Morgan fingerprint density at radius 1 is 0.746 bits per heavy atom. The second kappa shape index (κ2) is 23.6. The predicted octanol–water partition coefficient (Wildman–Crippen LogP) is 5.93. The minimum Gasteiger partial charge on any atom is -0.493 e. The highest BCUT2D eigenvalue weighted by atomic mass is 16.5. The van der Waals surface area contributed by atoms with E-state index in [1.54, 1.807) is 43.5 Å². The maximum atomic E-state index is 13.7. The maximum absolute atomic E-state index is 13.7. The number of fused-ring (bicyclic) bond motifs is 4. The summed E-state index contributed by atoms with van der Waals surface area (Å²) >= 11 is 0. The highest BCUT2D eigenvalue weighted by Crippen LogP contribution is 2.41. The number of allylic oxidation sites excluding steroid dienone is 1. The van der Waals surface area contributed by atoms with Crippen molar-refractivity contribution < 1.29 is 57.4 Å². The van der Waals surface area contributed by atoms with Gasteiger partial charge in [-0.25, -0.2) is 0 Å². The lowest BCUT2D eigenvalue weighted by Crippen LogP contribution is -2.35. The number of carboxylic acids is 1. The molecule has 3 atom stereocenters. The largest absolute Gasteiger partial charge is 0.493 e. The van der Waals surface area contributed by atoms with Crippen LogP contribution in [0.4, 0.5) is 11.4 Å². The quantitative estimate of drug-likeness (QED) is 0.0777. The standard InChI is InChI=1S/C49H62N6O12/c1-6-33-19-37-27-51-42-25-46(44(62-5)23-40(42)49(59)55(37)29-33)67-31-35-21-38(65-13-11-53(9-7-8-47(56)57)10-12-63-16-17-64-15-14-60-3)20-34(52-35)30-66-45-24-41-39(22-43(45)61-4)48(58)54-28-32(2)18-36(54)26-50-41/h6,20-27,32,36-37H,7-19,28-31H2,1-5H3,(H,56,57)/b33-6+/t32?,36?,37-/m0/s1. The van der Waals surface area contributed by atoms with E-state index in [0.29, 0.717) is 141 Å². The predicted molar refractivity (Wildman–Crippen MR) is 249 cm³/mol. The molecule has 5 heterocycles. The normalized spacial score (nSPS) is 19.0. The number of hydrogen-bond donors (Lipinski definition) is 1. The zero-order valence-corrected chi connectivity index (χ0v) is 39.1. The number of methoxy groups -OCH3 is 3. The minimum atomic E-state index is -0.852. The van der Waals surface area contributed by atoms with Crippen molar-refractivity contribution >= 4 is 41.6 Å². The average molecular weight is 927 g/mol. The Balaban J connectivity index is 1.08. The lowest BCUT2D eigenvalue weighted by molar-refractivity contribution is -0.137. The van der Waals surface area contributed by atoms with Crippen LogP contribution in [0.3, 0.4) is 0 Å². The van der Waals surface area contributed by atoms with Crippen molar-refractivity contribution in [3.63, 3.8) is 0 Å². The Morgan fingerprint density at radius 2 is 1.34 bits per heavy atom. The molecular weight excluding hydrogens is 865 g/mol. The van der Waals surface area contributed by atoms with E-state index in [1.165, 1.54) is 19.8 Å². The number of aliphatic imine (C=N–C) groups is 2. The molecule has 18 nitrogen and oxygen atoms in total. The summed E-state index contributed by atoms with van der Waals surface area (Å²) in [5, 5.41) is 9.29. The van der Waals surface area contributed by atoms with Crippen molar-refractivity contribution in [3.8, 4) is 28.7 Å². The van der Waals surface area contributed by atoms with Crippen LogP contribution in [0, 0.1) is 5.92 Å². The van der Waals surface area contributed by atoms with E-state index >= 15 is 0 Å². The molecular formula is C49H62N6O12. The highest BCUT2D eigenvalue weighted by molar-refractivity contribution is 6.04. The van der Waals surface area contributed by atoms with Crippen molar-refractivity contribution in [2.45, 2.75) is 64.8 Å². The second-order valence-corrected chi connectivity index (χ2v) is 16.9. The zero-order valence-electron chi connectivity index (χ0n) is 39.1. The molecule has 2 saturated heterocycles. The first-order chi connectivity index (χ1) is 32.6. The number of hydrogen-bond acceptors (Lipinski definition) is 15. The highest BCUT2D eigenvalue weighted by Gasteiger charge is 2.37. The molecule has 67 heavy (non-hydrogen) atoms. The summed E-state index contributed by atoms with van der Waals surface area (Å²) in [4.78, 5) is 58.8. The van der Waals surface area contributed by atoms with Gasteiger partial charge in [-0.3, -0.25) is 34.3 Å². The lowest BCUT2D eigenvalue weighted by Gasteiger charge is -2.22. The van der Waals surface area contributed by atoms with Gasteiger partial charge in [0.05, 0.1) is 93.2 Å². The summed E-state index contributed by atoms with van der Waals surface area (Å²) in [7, 11) is 4.67. The molecule has 4 aliphatic rings. The Bertz CT molecular complexity index is 2320. The summed E-state index contributed by atoms with van der Waals surface area (Å²) in [6.07, 6.45) is 7.82. The van der Waals surface area contributed by atoms with Crippen LogP contribution in [0.5, 0.6) is 28.7 Å². The zero-order chi connectivity index (χ0) is 47.3. The van der Waals surface area contributed by atoms with Gasteiger partial charge >= 0.3 is 5.97 Å². The summed E-state index contributed by atoms with van der Waals surface area (Å²) in [5.74, 6) is 1.36. The molecule has 360 valence electrons. The van der Waals surface area contributed by atoms with E-state index in [9.17, 15) is 19.5 Å². The molecule has 0 aliphatic carbocycles. The Kier molecular flexibility index (Phi) is 17.2. The van der Waals surface area contributed by atoms with Crippen molar-refractivity contribution in [1.82, 2.24) is 19.7 Å². The van der Waals surface area contributed by atoms with Crippen molar-refractivity contribution in [1.29, 1.82) is 0 Å². The van der Waals surface area contributed by atoms with Crippen LogP contribution in [0.25, 0.3) is 0 Å². The van der Waals surface area contributed by atoms with Gasteiger partial charge in [-0.05, 0) is 50.8 Å². The lowest BCUT2D eigenvalue weighted by atomic mass is 10.1. The molecule has 0 spiro atoms. The molecule has 2 fully saturated rings. The number of aromatic nitrogens is 1. The van der Waals surface area contributed by atoms with Crippen molar-refractivity contribution in [3.05, 3.63) is 70.6 Å². The number of rotatable bonds is 25. The van der Waals surface area contributed by atoms with Gasteiger partial charge in [0.2, 0.25) is 0 Å². The summed E-state index contributed by atoms with van der Waals surface area (Å²) in [6, 6.07) is 10.2. The Labute approximate surface area is 391 Å². The molecule has 4 aliphatic heterocycles. The minimum absolute atomic E-state index is 0.000473.